The third-order valence-corrected chi connectivity index (χ3v) is 4.61. The Bertz CT molecular complexity index is 1330. The maximum absolute atomic E-state index is 13.0. The first kappa shape index (κ1) is 23.0. The highest BCUT2D eigenvalue weighted by atomic mass is 19.4. The highest BCUT2D eigenvalue weighted by Crippen LogP contribution is 2.36. The van der Waals surface area contributed by atoms with E-state index >= 15 is 0 Å². The molecule has 3 aromatic carbocycles. The van der Waals surface area contributed by atoms with Gasteiger partial charge in [0.15, 0.2) is 5.58 Å². The molecule has 34 heavy (non-hydrogen) atoms. The summed E-state index contributed by atoms with van der Waals surface area (Å²) in [4.78, 5) is 12.4. The number of carbonyl (C=O) groups is 1. The topological polar surface area (TPSA) is 63.5 Å². The van der Waals surface area contributed by atoms with Gasteiger partial charge in [0, 0.05) is 16.6 Å². The fraction of sp³-hybridized carbons (Fsp3) is 0.0870. The van der Waals surface area contributed by atoms with Crippen molar-refractivity contribution in [3.63, 3.8) is 0 Å². The zero-order valence-corrected chi connectivity index (χ0v) is 16.9. The van der Waals surface area contributed by atoms with Crippen LogP contribution in [-0.2, 0) is 6.18 Å². The van der Waals surface area contributed by atoms with Crippen molar-refractivity contribution in [3.05, 3.63) is 78.4 Å². The number of hydrogen-bond acceptors (Lipinski definition) is 3. The Labute approximate surface area is 187 Å². The van der Waals surface area contributed by atoms with Gasteiger partial charge in [-0.1, -0.05) is 24.3 Å². The molecule has 0 saturated carbocycles. The van der Waals surface area contributed by atoms with E-state index in [2.05, 4.69) is 15.4 Å². The first-order valence-corrected chi connectivity index (χ1v) is 9.62. The smallest absolute Gasteiger partial charge is 0.454 e. The second kappa shape index (κ2) is 8.65. The van der Waals surface area contributed by atoms with Gasteiger partial charge in [0.05, 0.1) is 11.3 Å². The molecule has 0 radical (unpaired) electrons. The van der Waals surface area contributed by atoms with Crippen molar-refractivity contribution in [1.29, 1.82) is 0 Å². The number of anilines is 2. The summed E-state index contributed by atoms with van der Waals surface area (Å²) in [6, 6.07) is 14.8. The summed E-state index contributed by atoms with van der Waals surface area (Å²) in [5.41, 5.74) is 0.0602. The molecule has 4 aromatic rings. The molecule has 1 heterocycles. The molecule has 0 spiro atoms. The minimum atomic E-state index is -4.83. The number of alkyl halides is 6. The lowest BCUT2D eigenvalue weighted by Gasteiger charge is -2.10. The summed E-state index contributed by atoms with van der Waals surface area (Å²) in [5, 5.41) is 5.55. The van der Waals surface area contributed by atoms with Gasteiger partial charge in [-0.2, -0.15) is 13.2 Å². The van der Waals surface area contributed by atoms with Crippen molar-refractivity contribution in [2.45, 2.75) is 12.5 Å². The summed E-state index contributed by atoms with van der Waals surface area (Å²) in [7, 11) is 0. The number of urea groups is 1. The number of nitrogens with one attached hydrogen (secondary N) is 2. The van der Waals surface area contributed by atoms with Gasteiger partial charge >= 0.3 is 18.6 Å². The highest BCUT2D eigenvalue weighted by Gasteiger charge is 2.31. The Hall–Kier alpha value is -4.15. The van der Waals surface area contributed by atoms with Crippen LogP contribution >= 0.6 is 0 Å². The van der Waals surface area contributed by atoms with Gasteiger partial charge in [-0.25, -0.2) is 4.79 Å². The molecule has 0 aliphatic rings. The van der Waals surface area contributed by atoms with E-state index in [0.717, 1.165) is 24.3 Å². The SMILES string of the molecule is O=C(Nc1ccc(OC(F)(F)F)cc1)Nc1cccc2cc(-c3cccc(C(F)(F)F)c3)oc12. The van der Waals surface area contributed by atoms with Crippen LogP contribution in [0.3, 0.4) is 0 Å². The van der Waals surface area contributed by atoms with Crippen LogP contribution in [0, 0.1) is 0 Å². The minimum Gasteiger partial charge on any atom is -0.454 e. The van der Waals surface area contributed by atoms with Crippen LogP contribution in [0.5, 0.6) is 5.75 Å². The average Bonchev–Trinajstić information content (AvgIpc) is 3.19. The van der Waals surface area contributed by atoms with Crippen molar-refractivity contribution in [2.75, 3.05) is 10.6 Å². The van der Waals surface area contributed by atoms with E-state index < -0.39 is 29.9 Å². The molecule has 0 atom stereocenters. The lowest BCUT2D eigenvalue weighted by molar-refractivity contribution is -0.274. The molecule has 0 aliphatic heterocycles. The Morgan fingerprint density at radius 2 is 1.53 bits per heavy atom. The van der Waals surface area contributed by atoms with Gasteiger partial charge in [-0.3, -0.25) is 0 Å². The standard InChI is InChI=1S/C23H14F6N2O3/c24-22(25,26)15-5-1-3-13(11-15)19-12-14-4-2-6-18(20(14)33-19)31-21(32)30-16-7-9-17(10-8-16)34-23(27,28)29/h1-12H,(H2,30,31,32). The molecule has 11 heteroatoms. The predicted octanol–water partition coefficient (Wildman–Crippen LogP) is 7.66. The maximum atomic E-state index is 13.0. The average molecular weight is 480 g/mol. The third-order valence-electron chi connectivity index (χ3n) is 4.61. The Balaban J connectivity index is 1.52. The van der Waals surface area contributed by atoms with Crippen LogP contribution in [0.25, 0.3) is 22.3 Å². The van der Waals surface area contributed by atoms with Crippen molar-refractivity contribution < 1.29 is 40.3 Å². The summed E-state index contributed by atoms with van der Waals surface area (Å²) in [6.07, 6.45) is -9.34. The van der Waals surface area contributed by atoms with Gasteiger partial charge in [0.25, 0.3) is 0 Å². The maximum Gasteiger partial charge on any atom is 0.573 e. The van der Waals surface area contributed by atoms with E-state index in [4.69, 9.17) is 4.42 Å². The van der Waals surface area contributed by atoms with Crippen LogP contribution in [0.4, 0.5) is 42.5 Å². The molecule has 2 N–H and O–H groups in total. The number of para-hydroxylation sites is 1. The lowest BCUT2D eigenvalue weighted by atomic mass is 10.1. The van der Waals surface area contributed by atoms with Crippen molar-refractivity contribution >= 4 is 28.4 Å². The van der Waals surface area contributed by atoms with E-state index in [1.165, 1.54) is 30.3 Å². The first-order valence-electron chi connectivity index (χ1n) is 9.62. The summed E-state index contributed by atoms with van der Waals surface area (Å²) >= 11 is 0. The van der Waals surface area contributed by atoms with Crippen LogP contribution in [0.1, 0.15) is 5.56 Å². The van der Waals surface area contributed by atoms with Crippen molar-refractivity contribution in [2.24, 2.45) is 0 Å². The molecule has 5 nitrogen and oxygen atoms in total. The van der Waals surface area contributed by atoms with Crippen molar-refractivity contribution in [3.8, 4) is 17.1 Å². The molecular formula is C23H14F6N2O3. The van der Waals surface area contributed by atoms with Crippen LogP contribution < -0.4 is 15.4 Å². The number of amides is 2. The zero-order valence-electron chi connectivity index (χ0n) is 16.9. The molecule has 1 aromatic heterocycles. The van der Waals surface area contributed by atoms with E-state index in [1.807, 2.05) is 0 Å². The molecule has 0 aliphatic carbocycles. The highest BCUT2D eigenvalue weighted by molar-refractivity contribution is 6.05. The Morgan fingerprint density at radius 3 is 2.21 bits per heavy atom. The second-order valence-electron chi connectivity index (χ2n) is 7.06. The van der Waals surface area contributed by atoms with Crippen LogP contribution in [0.15, 0.2) is 77.2 Å². The number of furan rings is 1. The van der Waals surface area contributed by atoms with E-state index in [0.29, 0.717) is 5.39 Å². The van der Waals surface area contributed by atoms with E-state index in [-0.39, 0.29) is 28.3 Å². The van der Waals surface area contributed by atoms with Gasteiger partial charge < -0.3 is 19.8 Å². The molecule has 0 fully saturated rings. The number of benzene rings is 3. The van der Waals surface area contributed by atoms with Gasteiger partial charge in [0.2, 0.25) is 0 Å². The number of fused-ring (bicyclic) bond motifs is 1. The number of halogens is 6. The summed E-state index contributed by atoms with van der Waals surface area (Å²) in [6.45, 7) is 0. The minimum absolute atomic E-state index is 0.177. The number of carbonyl (C=O) groups excluding carboxylic acids is 1. The van der Waals surface area contributed by atoms with Gasteiger partial charge in [0.1, 0.15) is 11.5 Å². The van der Waals surface area contributed by atoms with Crippen LogP contribution in [-0.4, -0.2) is 12.4 Å². The largest absolute Gasteiger partial charge is 0.573 e. The molecule has 176 valence electrons. The Kier molecular flexibility index (Phi) is 5.86. The monoisotopic (exact) mass is 480 g/mol. The zero-order chi connectivity index (χ0) is 24.5. The van der Waals surface area contributed by atoms with Crippen LogP contribution in [0.2, 0.25) is 0 Å². The fourth-order valence-electron chi connectivity index (χ4n) is 3.18. The lowest BCUT2D eigenvalue weighted by Crippen LogP contribution is -2.19. The quantitative estimate of drug-likeness (QED) is 0.295. The summed E-state index contributed by atoms with van der Waals surface area (Å²) in [5.74, 6) is -0.267. The third kappa shape index (κ3) is 5.42. The number of hydrogen-bond donors (Lipinski definition) is 2. The fourth-order valence-corrected chi connectivity index (χ4v) is 3.18. The molecule has 2 amide bonds. The normalized spacial score (nSPS) is 11.9. The molecule has 0 unspecified atom stereocenters. The number of rotatable bonds is 4. The Morgan fingerprint density at radius 1 is 0.824 bits per heavy atom. The predicted molar refractivity (Wildman–Crippen MR) is 112 cm³/mol. The molecular weight excluding hydrogens is 466 g/mol. The second-order valence-corrected chi connectivity index (χ2v) is 7.06. The first-order chi connectivity index (χ1) is 16.0. The van der Waals surface area contributed by atoms with Gasteiger partial charge in [-0.15, -0.1) is 13.2 Å². The summed E-state index contributed by atoms with van der Waals surface area (Å²) < 4.78 is 85.3. The van der Waals surface area contributed by atoms with E-state index in [1.54, 1.807) is 18.2 Å². The molecule has 0 saturated heterocycles. The van der Waals surface area contributed by atoms with E-state index in [9.17, 15) is 31.1 Å². The molecule has 4 rings (SSSR count). The molecule has 0 bridgehead atoms. The van der Waals surface area contributed by atoms with Gasteiger partial charge in [-0.05, 0) is 48.5 Å². The van der Waals surface area contributed by atoms with Crippen molar-refractivity contribution in [1.82, 2.24) is 0 Å². The number of ether oxygens (including phenoxy) is 1.